The highest BCUT2D eigenvalue weighted by molar-refractivity contribution is 5.90. The molecule has 0 aliphatic carbocycles. The lowest BCUT2D eigenvalue weighted by molar-refractivity contribution is -0.137. The number of carbonyl (C=O) groups is 1. The molecule has 4 nitrogen and oxygen atoms in total. The summed E-state index contributed by atoms with van der Waals surface area (Å²) in [5, 5.41) is 1.12. The van der Waals surface area contributed by atoms with Crippen LogP contribution in [0.4, 0.5) is 0 Å². The van der Waals surface area contributed by atoms with Gasteiger partial charge in [-0.25, -0.2) is 0 Å². The molecule has 2 aromatic rings. The minimum Gasteiger partial charge on any atom is -0.424 e. The lowest BCUT2D eigenvalue weighted by Crippen LogP contribution is -2.25. The molecule has 1 N–H and O–H groups in total. The first-order chi connectivity index (χ1) is 11.1. The van der Waals surface area contributed by atoms with Crippen molar-refractivity contribution in [3.8, 4) is 5.75 Å². The van der Waals surface area contributed by atoms with Crippen LogP contribution >= 0.6 is 0 Å². The molecule has 2 rings (SSSR count). The van der Waals surface area contributed by atoms with E-state index in [4.69, 9.17) is 4.74 Å². The summed E-state index contributed by atoms with van der Waals surface area (Å²) in [5.74, 6) is 0.249. The second kappa shape index (κ2) is 7.97. The van der Waals surface area contributed by atoms with Crippen molar-refractivity contribution in [3.63, 3.8) is 0 Å². The first-order valence-electron chi connectivity index (χ1n) is 8.20. The Kier molecular flexibility index (Phi) is 5.99. The lowest BCUT2D eigenvalue weighted by Gasteiger charge is -2.17. The molecule has 124 valence electrons. The van der Waals surface area contributed by atoms with Crippen molar-refractivity contribution in [2.45, 2.75) is 27.2 Å². The van der Waals surface area contributed by atoms with E-state index in [-0.39, 0.29) is 11.9 Å². The van der Waals surface area contributed by atoms with Gasteiger partial charge in [0, 0.05) is 24.7 Å². The van der Waals surface area contributed by atoms with E-state index in [1.807, 2.05) is 38.3 Å². The van der Waals surface area contributed by atoms with E-state index in [1.165, 1.54) is 5.56 Å². The molecule has 1 heterocycles. The molecule has 23 heavy (non-hydrogen) atoms. The number of aromatic nitrogens is 1. The molecule has 0 saturated carbocycles. The Bertz CT molecular complexity index is 673. The number of rotatable bonds is 8. The van der Waals surface area contributed by atoms with Crippen LogP contribution in [-0.4, -0.2) is 35.5 Å². The first-order valence-corrected chi connectivity index (χ1v) is 8.20. The predicted molar refractivity (Wildman–Crippen MR) is 94.8 cm³/mol. The van der Waals surface area contributed by atoms with Crippen LogP contribution in [0.3, 0.4) is 0 Å². The number of fused-ring (bicyclic) bond motifs is 1. The van der Waals surface area contributed by atoms with Gasteiger partial charge in [0.2, 0.25) is 0 Å². The number of H-pyrrole nitrogens is 1. The number of esters is 1. The molecule has 0 unspecified atom stereocenters. The molecule has 1 aromatic heterocycles. The minimum atomic E-state index is -0.211. The molecule has 0 aliphatic rings. The molecule has 0 atom stereocenters. The Morgan fingerprint density at radius 3 is 2.87 bits per heavy atom. The van der Waals surface area contributed by atoms with Gasteiger partial charge < -0.3 is 9.72 Å². The smallest absolute Gasteiger partial charge is 0.313 e. The molecule has 0 spiro atoms. The molecule has 0 fully saturated rings. The summed E-state index contributed by atoms with van der Waals surface area (Å²) < 4.78 is 5.49. The number of nitrogens with zero attached hydrogens (tertiary/aromatic N) is 1. The lowest BCUT2D eigenvalue weighted by atomic mass is 10.1. The van der Waals surface area contributed by atoms with E-state index in [0.717, 1.165) is 37.0 Å². The zero-order chi connectivity index (χ0) is 16.8. The molecule has 0 aliphatic heterocycles. The Morgan fingerprint density at radius 1 is 1.43 bits per heavy atom. The van der Waals surface area contributed by atoms with E-state index in [9.17, 15) is 4.79 Å². The van der Waals surface area contributed by atoms with E-state index in [0.29, 0.717) is 5.75 Å². The number of nitrogens with one attached hydrogen (secondary N) is 1. The third-order valence-corrected chi connectivity index (χ3v) is 3.98. The summed E-state index contributed by atoms with van der Waals surface area (Å²) in [6, 6.07) is 5.83. The second-order valence-corrected chi connectivity index (χ2v) is 6.00. The SMILES string of the molecule is C=CCN(CC)CCc1c[nH]c2c(OC(=O)C(C)C)cccc12. The molecule has 4 heteroatoms. The second-order valence-electron chi connectivity index (χ2n) is 6.00. The molecule has 0 saturated heterocycles. The Morgan fingerprint density at radius 2 is 2.22 bits per heavy atom. The van der Waals surface area contributed by atoms with Crippen molar-refractivity contribution in [1.82, 2.24) is 9.88 Å². The monoisotopic (exact) mass is 314 g/mol. The molecule has 1 aromatic carbocycles. The summed E-state index contributed by atoms with van der Waals surface area (Å²) in [5.41, 5.74) is 2.13. The van der Waals surface area contributed by atoms with Crippen molar-refractivity contribution in [2.24, 2.45) is 5.92 Å². The number of para-hydroxylation sites is 1. The summed E-state index contributed by atoms with van der Waals surface area (Å²) >= 11 is 0. The van der Waals surface area contributed by atoms with E-state index in [2.05, 4.69) is 29.5 Å². The average molecular weight is 314 g/mol. The van der Waals surface area contributed by atoms with Crippen molar-refractivity contribution in [3.05, 3.63) is 42.6 Å². The molecular formula is C19H26N2O2. The quantitative estimate of drug-likeness (QED) is 0.458. The fraction of sp³-hybridized carbons (Fsp3) is 0.421. The number of hydrogen-bond acceptors (Lipinski definition) is 3. The van der Waals surface area contributed by atoms with Gasteiger partial charge >= 0.3 is 5.97 Å². The van der Waals surface area contributed by atoms with Crippen LogP contribution in [-0.2, 0) is 11.2 Å². The molecule has 0 radical (unpaired) electrons. The Balaban J connectivity index is 2.17. The maximum Gasteiger partial charge on any atom is 0.313 e. The highest BCUT2D eigenvalue weighted by Crippen LogP contribution is 2.28. The average Bonchev–Trinajstić information content (AvgIpc) is 2.95. The highest BCUT2D eigenvalue weighted by Gasteiger charge is 2.14. The first kappa shape index (κ1) is 17.3. The van der Waals surface area contributed by atoms with Crippen molar-refractivity contribution >= 4 is 16.9 Å². The summed E-state index contributed by atoms with van der Waals surface area (Å²) in [7, 11) is 0. The maximum absolute atomic E-state index is 11.8. The maximum atomic E-state index is 11.8. The van der Waals surface area contributed by atoms with Crippen LogP contribution in [0, 0.1) is 5.92 Å². The van der Waals surface area contributed by atoms with E-state index in [1.54, 1.807) is 0 Å². The van der Waals surface area contributed by atoms with Gasteiger partial charge in [-0.2, -0.15) is 0 Å². The third kappa shape index (κ3) is 4.23. The van der Waals surface area contributed by atoms with Crippen LogP contribution in [0.1, 0.15) is 26.3 Å². The van der Waals surface area contributed by atoms with Crippen LogP contribution < -0.4 is 4.74 Å². The zero-order valence-electron chi connectivity index (χ0n) is 14.3. The van der Waals surface area contributed by atoms with Crippen LogP contribution in [0.2, 0.25) is 0 Å². The van der Waals surface area contributed by atoms with Gasteiger partial charge in [0.15, 0.2) is 5.75 Å². The van der Waals surface area contributed by atoms with Gasteiger partial charge in [0.1, 0.15) is 0 Å². The van der Waals surface area contributed by atoms with Gasteiger partial charge in [-0.3, -0.25) is 9.69 Å². The number of benzene rings is 1. The topological polar surface area (TPSA) is 45.3 Å². The number of aromatic amines is 1. The molecular weight excluding hydrogens is 288 g/mol. The Hall–Kier alpha value is -2.07. The van der Waals surface area contributed by atoms with Crippen molar-refractivity contribution in [2.75, 3.05) is 19.6 Å². The number of ether oxygens (including phenoxy) is 1. The number of likely N-dealkylation sites (N-methyl/N-ethyl adjacent to an activating group) is 1. The minimum absolute atomic E-state index is 0.142. The fourth-order valence-corrected chi connectivity index (χ4v) is 2.54. The number of hydrogen-bond donors (Lipinski definition) is 1. The fourth-order valence-electron chi connectivity index (χ4n) is 2.54. The van der Waals surface area contributed by atoms with Gasteiger partial charge in [0.25, 0.3) is 0 Å². The molecule has 0 bridgehead atoms. The summed E-state index contributed by atoms with van der Waals surface area (Å²) in [6.45, 7) is 12.5. The normalized spacial score (nSPS) is 11.3. The van der Waals surface area contributed by atoms with E-state index >= 15 is 0 Å². The predicted octanol–water partition coefficient (Wildman–Crippen LogP) is 3.78. The van der Waals surface area contributed by atoms with Crippen LogP contribution in [0.25, 0.3) is 10.9 Å². The van der Waals surface area contributed by atoms with Gasteiger partial charge in [-0.05, 0) is 24.6 Å². The Labute approximate surface area is 138 Å². The third-order valence-electron chi connectivity index (χ3n) is 3.98. The van der Waals surface area contributed by atoms with Crippen LogP contribution in [0.5, 0.6) is 5.75 Å². The van der Waals surface area contributed by atoms with Crippen molar-refractivity contribution < 1.29 is 9.53 Å². The zero-order valence-corrected chi connectivity index (χ0v) is 14.3. The summed E-state index contributed by atoms with van der Waals surface area (Å²) in [6.07, 6.45) is 4.89. The standard InChI is InChI=1S/C19H26N2O2/c1-5-11-21(6-2)12-10-15-13-20-18-16(15)8-7-9-17(18)23-19(22)14(3)4/h5,7-9,13-14,20H,1,6,10-12H2,2-4H3. The van der Waals surface area contributed by atoms with Gasteiger partial charge in [0.05, 0.1) is 11.4 Å². The van der Waals surface area contributed by atoms with Crippen molar-refractivity contribution in [1.29, 1.82) is 0 Å². The van der Waals surface area contributed by atoms with Gasteiger partial charge in [-0.15, -0.1) is 6.58 Å². The van der Waals surface area contributed by atoms with E-state index < -0.39 is 0 Å². The highest BCUT2D eigenvalue weighted by atomic mass is 16.5. The number of carbonyl (C=O) groups excluding carboxylic acids is 1. The van der Waals surface area contributed by atoms with Crippen LogP contribution in [0.15, 0.2) is 37.1 Å². The summed E-state index contributed by atoms with van der Waals surface area (Å²) in [4.78, 5) is 17.4. The van der Waals surface area contributed by atoms with Gasteiger partial charge in [-0.1, -0.05) is 39.0 Å². The molecule has 0 amide bonds. The largest absolute Gasteiger partial charge is 0.424 e.